The summed E-state index contributed by atoms with van der Waals surface area (Å²) in [5.41, 5.74) is 5.38. The molecule has 1 atom stereocenters. The van der Waals surface area contributed by atoms with E-state index < -0.39 is 0 Å². The molecular formula is C6H8BNP. The highest BCUT2D eigenvalue weighted by atomic mass is 31.1. The van der Waals surface area contributed by atoms with Crippen molar-refractivity contribution in [2.45, 2.75) is 0 Å². The minimum atomic E-state index is 0. The van der Waals surface area contributed by atoms with E-state index in [2.05, 4.69) is 0 Å². The molecule has 1 rings (SSSR count). The van der Waals surface area contributed by atoms with Crippen LogP contribution in [0.25, 0.3) is 0 Å². The molecular weight excluding hydrogens is 128 g/mol. The Morgan fingerprint density at radius 2 is 1.67 bits per heavy atom. The molecule has 0 heterocycles. The molecule has 3 radical (unpaired) electrons. The van der Waals surface area contributed by atoms with E-state index in [-0.39, 0.29) is 8.41 Å². The quantitative estimate of drug-likeness (QED) is 0.441. The van der Waals surface area contributed by atoms with Crippen LogP contribution in [0.3, 0.4) is 0 Å². The lowest BCUT2D eigenvalue weighted by Gasteiger charge is -1.89. The fourth-order valence-electron chi connectivity index (χ4n) is 0.534. The summed E-state index contributed by atoms with van der Waals surface area (Å²) in [7, 11) is 0.430. The van der Waals surface area contributed by atoms with Gasteiger partial charge in [0.05, 0.1) is 0 Å². The van der Waals surface area contributed by atoms with Crippen LogP contribution < -0.4 is 10.8 Å². The Morgan fingerprint density at radius 1 is 1.11 bits per heavy atom. The zero-order valence-corrected chi connectivity index (χ0v) is 6.04. The number of nitrogens with two attached hydrogens (primary N) is 1. The molecule has 0 spiro atoms. The molecule has 45 valence electrons. The summed E-state index contributed by atoms with van der Waals surface area (Å²) >= 11 is 0. The molecule has 1 aromatic carbocycles. The fraction of sp³-hybridized carbons (Fsp3) is 0. The van der Waals surface area contributed by atoms with Crippen LogP contribution in [0.1, 0.15) is 0 Å². The molecule has 1 unspecified atom stereocenters. The smallest absolute Gasteiger partial charge is 0 e. The molecule has 0 saturated heterocycles. The second-order valence-corrected chi connectivity index (χ2v) is 2.38. The molecule has 9 heavy (non-hydrogen) atoms. The van der Waals surface area contributed by atoms with Crippen LogP contribution in [0.5, 0.6) is 0 Å². The average molecular weight is 136 g/mol. The lowest BCUT2D eigenvalue weighted by molar-refractivity contribution is 1.77. The maximum Gasteiger partial charge on any atom is 0 e. The monoisotopic (exact) mass is 136 g/mol. The van der Waals surface area contributed by atoms with E-state index in [1.54, 1.807) is 0 Å². The van der Waals surface area contributed by atoms with E-state index in [9.17, 15) is 0 Å². The maximum absolute atomic E-state index is 5.38. The summed E-state index contributed by atoms with van der Waals surface area (Å²) in [6, 6.07) is 10.0. The highest BCUT2D eigenvalue weighted by Crippen LogP contribution is 1.95. The molecule has 0 aliphatic carbocycles. The summed E-state index contributed by atoms with van der Waals surface area (Å²) in [6.45, 7) is 0. The molecule has 2 N–H and O–H groups in total. The van der Waals surface area contributed by atoms with E-state index in [4.69, 9.17) is 5.50 Å². The molecule has 1 aromatic rings. The van der Waals surface area contributed by atoms with Crippen molar-refractivity contribution in [2.75, 3.05) is 0 Å². The van der Waals surface area contributed by atoms with E-state index in [1.807, 2.05) is 30.3 Å². The predicted molar refractivity (Wildman–Crippen MR) is 44.3 cm³/mol. The molecule has 0 bridgehead atoms. The van der Waals surface area contributed by atoms with Crippen molar-refractivity contribution in [3.63, 3.8) is 0 Å². The van der Waals surface area contributed by atoms with Gasteiger partial charge in [0, 0.05) is 8.41 Å². The minimum absolute atomic E-state index is 0. The molecule has 0 aliphatic heterocycles. The van der Waals surface area contributed by atoms with Crippen molar-refractivity contribution in [2.24, 2.45) is 5.50 Å². The van der Waals surface area contributed by atoms with Crippen LogP contribution in [0, 0.1) is 0 Å². The van der Waals surface area contributed by atoms with E-state index in [1.165, 1.54) is 5.30 Å². The lowest BCUT2D eigenvalue weighted by Crippen LogP contribution is -1.94. The Morgan fingerprint density at radius 3 is 2.00 bits per heavy atom. The lowest BCUT2D eigenvalue weighted by atomic mass is 10.4. The number of hydrogen-bond acceptors (Lipinski definition) is 1. The first-order valence-electron chi connectivity index (χ1n) is 2.45. The first-order valence-corrected chi connectivity index (χ1v) is 3.53. The van der Waals surface area contributed by atoms with Gasteiger partial charge in [-0.25, -0.2) is 0 Å². The highest BCUT2D eigenvalue weighted by Gasteiger charge is 1.80. The summed E-state index contributed by atoms with van der Waals surface area (Å²) < 4.78 is 0. The van der Waals surface area contributed by atoms with Crippen LogP contribution in [0.2, 0.25) is 0 Å². The van der Waals surface area contributed by atoms with Gasteiger partial charge >= 0.3 is 0 Å². The third-order valence-electron chi connectivity index (χ3n) is 0.940. The van der Waals surface area contributed by atoms with Gasteiger partial charge in [0.2, 0.25) is 0 Å². The Labute approximate surface area is 59.1 Å². The van der Waals surface area contributed by atoms with Gasteiger partial charge in [0.15, 0.2) is 0 Å². The second kappa shape index (κ2) is 4.54. The number of rotatable bonds is 1. The zero-order chi connectivity index (χ0) is 5.82. The van der Waals surface area contributed by atoms with Crippen molar-refractivity contribution in [3.8, 4) is 0 Å². The minimum Gasteiger partial charge on any atom is -0.308 e. The second-order valence-electron chi connectivity index (χ2n) is 1.51. The first-order chi connectivity index (χ1) is 3.93. The van der Waals surface area contributed by atoms with Crippen molar-refractivity contribution in [3.05, 3.63) is 30.3 Å². The fourth-order valence-corrected chi connectivity index (χ4v) is 0.919. The van der Waals surface area contributed by atoms with Gasteiger partial charge in [0.25, 0.3) is 0 Å². The standard InChI is InChI=1S/C6H8NP.B/c7-8-6-4-2-1-3-5-6;/h1-5,8H,7H2;. The van der Waals surface area contributed by atoms with Crippen LogP contribution in [0.15, 0.2) is 30.3 Å². The number of benzene rings is 1. The highest BCUT2D eigenvalue weighted by molar-refractivity contribution is 7.44. The van der Waals surface area contributed by atoms with Gasteiger partial charge < -0.3 is 5.50 Å². The molecule has 0 amide bonds. The van der Waals surface area contributed by atoms with E-state index in [0.29, 0.717) is 8.73 Å². The van der Waals surface area contributed by atoms with Crippen molar-refractivity contribution < 1.29 is 0 Å². The Bertz CT molecular complexity index is 154. The first kappa shape index (κ1) is 8.67. The molecule has 0 fully saturated rings. The van der Waals surface area contributed by atoms with Crippen molar-refractivity contribution >= 4 is 22.4 Å². The zero-order valence-electron chi connectivity index (χ0n) is 5.04. The topological polar surface area (TPSA) is 26.0 Å². The number of hydrogen-bond donors (Lipinski definition) is 1. The summed E-state index contributed by atoms with van der Waals surface area (Å²) in [4.78, 5) is 0. The molecule has 0 aromatic heterocycles. The van der Waals surface area contributed by atoms with Gasteiger partial charge in [-0.15, -0.1) is 0 Å². The van der Waals surface area contributed by atoms with Crippen molar-refractivity contribution in [1.82, 2.24) is 0 Å². The van der Waals surface area contributed by atoms with Crippen LogP contribution >= 0.6 is 8.73 Å². The molecule has 0 saturated carbocycles. The normalized spacial score (nSPS) is 9.44. The van der Waals surface area contributed by atoms with Gasteiger partial charge in [-0.05, 0) is 14.0 Å². The van der Waals surface area contributed by atoms with Crippen molar-refractivity contribution in [1.29, 1.82) is 0 Å². The summed E-state index contributed by atoms with van der Waals surface area (Å²) in [5.74, 6) is 0. The van der Waals surface area contributed by atoms with Gasteiger partial charge in [0.1, 0.15) is 0 Å². The largest absolute Gasteiger partial charge is 0.308 e. The summed E-state index contributed by atoms with van der Waals surface area (Å²) in [6.07, 6.45) is 0. The predicted octanol–water partition coefficient (Wildman–Crippen LogP) is 0.483. The molecule has 0 aliphatic rings. The SMILES string of the molecule is NPc1ccccc1.[B]. The Balaban J connectivity index is 0.000000640. The Hall–Kier alpha value is -0.325. The van der Waals surface area contributed by atoms with E-state index >= 15 is 0 Å². The van der Waals surface area contributed by atoms with Gasteiger partial charge in [-0.2, -0.15) is 0 Å². The summed E-state index contributed by atoms with van der Waals surface area (Å²) in [5, 5.41) is 1.22. The van der Waals surface area contributed by atoms with E-state index in [0.717, 1.165) is 0 Å². The maximum atomic E-state index is 5.38. The Kier molecular flexibility index (Phi) is 4.38. The van der Waals surface area contributed by atoms with Crippen LogP contribution in [-0.2, 0) is 0 Å². The van der Waals surface area contributed by atoms with Gasteiger partial charge in [-0.1, -0.05) is 30.3 Å². The third kappa shape index (κ3) is 2.64. The molecule has 3 heteroatoms. The molecule has 1 nitrogen and oxygen atoms in total. The average Bonchev–Trinajstić information content (AvgIpc) is 1.90. The van der Waals surface area contributed by atoms with Crippen LogP contribution in [0.4, 0.5) is 0 Å². The van der Waals surface area contributed by atoms with Crippen LogP contribution in [-0.4, -0.2) is 8.41 Å². The third-order valence-corrected chi connectivity index (χ3v) is 1.61. The van der Waals surface area contributed by atoms with Gasteiger partial charge in [-0.3, -0.25) is 0 Å².